The predicted octanol–water partition coefficient (Wildman–Crippen LogP) is 4.54. The molecule has 0 N–H and O–H groups in total. The Kier molecular flexibility index (Phi) is 5.77. The Balaban J connectivity index is 1.87. The van der Waals surface area contributed by atoms with E-state index in [9.17, 15) is 8.42 Å². The standard InChI is InChI=1S/C20H30O4SSi/c1-5-26(6-2,7-3)24-17-13-14-18(20-19(23-20)15(17)4)25(21,22)16-11-9-8-10-12-16/h8-12,14-15,17,19-20H,5-7,13H2,1-4H3/t15-,17-,19+,20-/m1/s1. The lowest BCUT2D eigenvalue weighted by atomic mass is 9.99. The fraction of sp³-hybridized carbons (Fsp3) is 0.600. The van der Waals surface area contributed by atoms with Crippen LogP contribution >= 0.6 is 0 Å². The maximum Gasteiger partial charge on any atom is 0.205 e. The van der Waals surface area contributed by atoms with Crippen LogP contribution in [0.4, 0.5) is 0 Å². The average Bonchev–Trinajstić information content (AvgIpc) is 3.46. The van der Waals surface area contributed by atoms with Gasteiger partial charge in [-0.3, -0.25) is 0 Å². The lowest BCUT2D eigenvalue weighted by Crippen LogP contribution is -2.42. The number of ether oxygens (including phenoxy) is 1. The number of benzene rings is 1. The maximum absolute atomic E-state index is 13.1. The summed E-state index contributed by atoms with van der Waals surface area (Å²) in [6, 6.07) is 11.9. The topological polar surface area (TPSA) is 55.9 Å². The number of sulfone groups is 1. The maximum atomic E-state index is 13.1. The first-order chi connectivity index (χ1) is 12.4. The minimum Gasteiger partial charge on any atom is -0.413 e. The first-order valence-corrected chi connectivity index (χ1v) is 13.7. The van der Waals surface area contributed by atoms with Crippen LogP contribution in [0.15, 0.2) is 46.2 Å². The van der Waals surface area contributed by atoms with Crippen molar-refractivity contribution in [2.75, 3.05) is 0 Å². The molecule has 0 unspecified atom stereocenters. The smallest absolute Gasteiger partial charge is 0.205 e. The Morgan fingerprint density at radius 3 is 2.31 bits per heavy atom. The summed E-state index contributed by atoms with van der Waals surface area (Å²) in [4.78, 5) is 0.760. The van der Waals surface area contributed by atoms with Gasteiger partial charge in [0.05, 0.1) is 22.0 Å². The van der Waals surface area contributed by atoms with Crippen LogP contribution in [0.5, 0.6) is 0 Å². The molecule has 0 saturated carbocycles. The number of rotatable bonds is 7. The third-order valence-corrected chi connectivity index (χ3v) is 12.7. The van der Waals surface area contributed by atoms with Gasteiger partial charge in [-0.25, -0.2) is 8.42 Å². The second-order valence-corrected chi connectivity index (χ2v) is 14.1. The quantitative estimate of drug-likeness (QED) is 0.503. The van der Waals surface area contributed by atoms with Gasteiger partial charge in [-0.15, -0.1) is 0 Å². The van der Waals surface area contributed by atoms with E-state index in [1.54, 1.807) is 24.3 Å². The molecule has 144 valence electrons. The van der Waals surface area contributed by atoms with Gasteiger partial charge in [-0.1, -0.05) is 52.0 Å². The van der Waals surface area contributed by atoms with E-state index in [1.807, 2.05) is 12.1 Å². The average molecular weight is 395 g/mol. The number of hydrogen-bond donors (Lipinski definition) is 0. The van der Waals surface area contributed by atoms with Crippen LogP contribution in [0.2, 0.25) is 18.1 Å². The molecule has 0 amide bonds. The molecule has 0 bridgehead atoms. The summed E-state index contributed by atoms with van der Waals surface area (Å²) in [6.45, 7) is 8.80. The monoisotopic (exact) mass is 394 g/mol. The molecule has 1 aromatic carbocycles. The van der Waals surface area contributed by atoms with Gasteiger partial charge in [-0.2, -0.15) is 0 Å². The molecule has 6 heteroatoms. The molecule has 1 saturated heterocycles. The molecule has 2 aliphatic rings. The largest absolute Gasteiger partial charge is 0.413 e. The van der Waals surface area contributed by atoms with Crippen molar-refractivity contribution in [3.05, 3.63) is 41.3 Å². The van der Waals surface area contributed by atoms with Crippen molar-refractivity contribution in [2.24, 2.45) is 5.92 Å². The first kappa shape index (κ1) is 19.8. The van der Waals surface area contributed by atoms with E-state index in [1.165, 1.54) is 0 Å². The molecule has 1 fully saturated rings. The zero-order valence-electron chi connectivity index (χ0n) is 16.1. The minimum atomic E-state index is -3.51. The van der Waals surface area contributed by atoms with Crippen molar-refractivity contribution >= 4 is 18.2 Å². The van der Waals surface area contributed by atoms with Gasteiger partial charge < -0.3 is 9.16 Å². The van der Waals surface area contributed by atoms with Crippen LogP contribution in [-0.2, 0) is 19.0 Å². The molecule has 1 aliphatic carbocycles. The van der Waals surface area contributed by atoms with Gasteiger partial charge in [0.1, 0.15) is 6.10 Å². The molecule has 1 aromatic rings. The summed E-state index contributed by atoms with van der Waals surface area (Å²) in [5.74, 6) is 0.205. The van der Waals surface area contributed by atoms with Crippen LogP contribution in [0.3, 0.4) is 0 Å². The lowest BCUT2D eigenvalue weighted by Gasteiger charge is -2.35. The van der Waals surface area contributed by atoms with Crippen LogP contribution in [0, 0.1) is 5.92 Å². The molecule has 4 atom stereocenters. The molecule has 26 heavy (non-hydrogen) atoms. The van der Waals surface area contributed by atoms with Gasteiger partial charge in [0.25, 0.3) is 0 Å². The van der Waals surface area contributed by atoms with E-state index in [0.29, 0.717) is 16.2 Å². The molecule has 0 spiro atoms. The van der Waals surface area contributed by atoms with E-state index in [-0.39, 0.29) is 24.2 Å². The van der Waals surface area contributed by atoms with E-state index in [4.69, 9.17) is 9.16 Å². The molecule has 1 heterocycles. The molecule has 1 aliphatic heterocycles. The Labute approximate surface area is 158 Å². The van der Waals surface area contributed by atoms with E-state index >= 15 is 0 Å². The third kappa shape index (κ3) is 3.57. The Hall–Kier alpha value is -0.953. The van der Waals surface area contributed by atoms with Crippen molar-refractivity contribution in [1.82, 2.24) is 0 Å². The van der Waals surface area contributed by atoms with Crippen molar-refractivity contribution in [3.8, 4) is 0 Å². The zero-order chi connectivity index (χ0) is 18.9. The second-order valence-electron chi connectivity index (χ2n) is 7.44. The van der Waals surface area contributed by atoms with Crippen molar-refractivity contribution in [2.45, 2.75) is 75.5 Å². The Bertz CT molecular complexity index is 747. The summed E-state index contributed by atoms with van der Waals surface area (Å²) >= 11 is 0. The summed E-state index contributed by atoms with van der Waals surface area (Å²) in [7, 11) is -5.25. The highest BCUT2D eigenvalue weighted by molar-refractivity contribution is 7.95. The van der Waals surface area contributed by atoms with Crippen LogP contribution in [0.1, 0.15) is 34.1 Å². The van der Waals surface area contributed by atoms with Gasteiger partial charge >= 0.3 is 0 Å². The van der Waals surface area contributed by atoms with E-state index in [0.717, 1.165) is 18.1 Å². The van der Waals surface area contributed by atoms with Gasteiger partial charge in [-0.05, 0) is 36.7 Å². The number of hydrogen-bond acceptors (Lipinski definition) is 4. The highest BCUT2D eigenvalue weighted by atomic mass is 32.2. The molecule has 3 rings (SSSR count). The highest BCUT2D eigenvalue weighted by Gasteiger charge is 2.53. The normalized spacial score (nSPS) is 28.8. The summed E-state index contributed by atoms with van der Waals surface area (Å²) in [5.41, 5.74) is 0. The van der Waals surface area contributed by atoms with Crippen molar-refractivity contribution < 1.29 is 17.6 Å². The van der Waals surface area contributed by atoms with Crippen LogP contribution in [-0.4, -0.2) is 35.0 Å². The predicted molar refractivity (Wildman–Crippen MR) is 106 cm³/mol. The number of fused-ring (bicyclic) bond motifs is 1. The highest BCUT2D eigenvalue weighted by Crippen LogP contribution is 2.45. The first-order valence-electron chi connectivity index (χ1n) is 9.72. The lowest BCUT2D eigenvalue weighted by molar-refractivity contribution is 0.113. The fourth-order valence-corrected chi connectivity index (χ4v) is 8.55. The molecule has 0 radical (unpaired) electrons. The Morgan fingerprint density at radius 1 is 1.12 bits per heavy atom. The minimum absolute atomic E-state index is 0.0417. The second kappa shape index (κ2) is 7.58. The molecule has 0 aromatic heterocycles. The van der Waals surface area contributed by atoms with Crippen LogP contribution in [0.25, 0.3) is 0 Å². The molecular weight excluding hydrogens is 364 g/mol. The SMILES string of the molecule is CC[Si](CC)(CC)O[C@@H]1CC=C(S(=O)(=O)c2ccccc2)[C@H]2O[C@H]2[C@@H]1C. The van der Waals surface area contributed by atoms with Gasteiger partial charge in [0.15, 0.2) is 8.32 Å². The Morgan fingerprint density at radius 2 is 1.73 bits per heavy atom. The summed E-state index contributed by atoms with van der Waals surface area (Å²) in [5, 5.41) is 0. The molecule has 4 nitrogen and oxygen atoms in total. The zero-order valence-corrected chi connectivity index (χ0v) is 18.0. The third-order valence-electron chi connectivity index (χ3n) is 6.16. The van der Waals surface area contributed by atoms with Gasteiger partial charge in [0.2, 0.25) is 9.84 Å². The van der Waals surface area contributed by atoms with Gasteiger partial charge in [0, 0.05) is 5.92 Å². The van der Waals surface area contributed by atoms with E-state index in [2.05, 4.69) is 27.7 Å². The summed E-state index contributed by atoms with van der Waals surface area (Å²) < 4.78 is 38.7. The van der Waals surface area contributed by atoms with E-state index < -0.39 is 18.2 Å². The number of epoxide rings is 1. The van der Waals surface area contributed by atoms with Crippen LogP contribution < -0.4 is 0 Å². The van der Waals surface area contributed by atoms with Crippen molar-refractivity contribution in [3.63, 3.8) is 0 Å². The summed E-state index contributed by atoms with van der Waals surface area (Å²) in [6.07, 6.45) is 2.18. The fourth-order valence-electron chi connectivity index (χ4n) is 4.00. The molecular formula is C20H30O4SSi. The van der Waals surface area contributed by atoms with Crippen molar-refractivity contribution in [1.29, 1.82) is 0 Å².